The maximum Gasteiger partial charge on any atom is 0.338 e. The Morgan fingerprint density at radius 2 is 1.83 bits per heavy atom. The Bertz CT molecular complexity index is 424. The van der Waals surface area contributed by atoms with Gasteiger partial charge in [-0.3, -0.25) is 0 Å². The summed E-state index contributed by atoms with van der Waals surface area (Å²) in [7, 11) is 2.85. The van der Waals surface area contributed by atoms with Crippen molar-refractivity contribution in [2.75, 3.05) is 20.8 Å². The molecule has 0 radical (unpaired) electrons. The van der Waals surface area contributed by atoms with Gasteiger partial charge < -0.3 is 19.3 Å². The van der Waals surface area contributed by atoms with Gasteiger partial charge in [-0.2, -0.15) is 0 Å². The number of aromatic carboxylic acids is 1. The molecule has 0 bridgehead atoms. The smallest absolute Gasteiger partial charge is 0.338 e. The lowest BCUT2D eigenvalue weighted by molar-refractivity contribution is -0.129. The van der Waals surface area contributed by atoms with Gasteiger partial charge in [0.15, 0.2) is 6.29 Å². The number of ether oxygens (including phenoxy) is 3. The van der Waals surface area contributed by atoms with Crippen molar-refractivity contribution < 1.29 is 28.9 Å². The van der Waals surface area contributed by atoms with Crippen molar-refractivity contribution in [3.05, 3.63) is 35.4 Å². The molecule has 1 rings (SSSR count). The third kappa shape index (κ3) is 3.83. The maximum atomic E-state index is 11.6. The van der Waals surface area contributed by atoms with Crippen LogP contribution in [0.2, 0.25) is 0 Å². The van der Waals surface area contributed by atoms with E-state index >= 15 is 0 Å². The first-order valence-electron chi connectivity index (χ1n) is 5.14. The summed E-state index contributed by atoms with van der Waals surface area (Å²) in [4.78, 5) is 22.4. The first kappa shape index (κ1) is 14.1. The summed E-state index contributed by atoms with van der Waals surface area (Å²) in [6.07, 6.45) is -0.642. The summed E-state index contributed by atoms with van der Waals surface area (Å²) in [6.45, 7) is -0.0663. The first-order chi connectivity index (χ1) is 8.58. The van der Waals surface area contributed by atoms with E-state index in [9.17, 15) is 9.59 Å². The van der Waals surface area contributed by atoms with Gasteiger partial charge in [0, 0.05) is 14.2 Å². The number of carboxylic acids is 1. The van der Waals surface area contributed by atoms with Crippen molar-refractivity contribution in [1.82, 2.24) is 0 Å². The highest BCUT2D eigenvalue weighted by molar-refractivity contribution is 5.94. The molecule has 6 heteroatoms. The lowest BCUT2D eigenvalue weighted by Crippen LogP contribution is -2.22. The van der Waals surface area contributed by atoms with Crippen LogP contribution in [0.3, 0.4) is 0 Å². The van der Waals surface area contributed by atoms with E-state index in [1.54, 1.807) is 0 Å². The van der Waals surface area contributed by atoms with Crippen LogP contribution in [-0.2, 0) is 14.2 Å². The number of rotatable bonds is 6. The van der Waals surface area contributed by atoms with E-state index in [1.165, 1.54) is 38.5 Å². The number of carboxylic acid groups (broad SMARTS) is 1. The molecule has 0 fully saturated rings. The van der Waals surface area contributed by atoms with Gasteiger partial charge in [0.1, 0.15) is 6.61 Å². The predicted octanol–water partition coefficient (Wildman–Crippen LogP) is 1.16. The van der Waals surface area contributed by atoms with Crippen molar-refractivity contribution >= 4 is 11.9 Å². The molecule has 1 N–H and O–H groups in total. The van der Waals surface area contributed by atoms with Gasteiger partial charge >= 0.3 is 11.9 Å². The van der Waals surface area contributed by atoms with Crippen LogP contribution in [0.4, 0.5) is 0 Å². The van der Waals surface area contributed by atoms with Crippen LogP contribution in [0.15, 0.2) is 24.3 Å². The molecule has 0 aliphatic carbocycles. The fraction of sp³-hybridized carbons (Fsp3) is 0.333. The number of esters is 1. The Morgan fingerprint density at radius 1 is 1.22 bits per heavy atom. The van der Waals surface area contributed by atoms with Crippen molar-refractivity contribution in [1.29, 1.82) is 0 Å². The molecule has 6 nitrogen and oxygen atoms in total. The highest BCUT2D eigenvalue weighted by atomic mass is 16.7. The van der Waals surface area contributed by atoms with E-state index in [0.717, 1.165) is 0 Å². The minimum Gasteiger partial charge on any atom is -0.478 e. The molecule has 0 saturated carbocycles. The average molecular weight is 254 g/mol. The Balaban J connectivity index is 2.67. The molecule has 0 heterocycles. The monoisotopic (exact) mass is 254 g/mol. The Kier molecular flexibility index (Phi) is 5.29. The van der Waals surface area contributed by atoms with Crippen LogP contribution in [-0.4, -0.2) is 44.2 Å². The molecular formula is C12H14O6. The van der Waals surface area contributed by atoms with Crippen LogP contribution >= 0.6 is 0 Å². The van der Waals surface area contributed by atoms with Gasteiger partial charge in [0.25, 0.3) is 0 Å². The quantitative estimate of drug-likeness (QED) is 0.606. The lowest BCUT2D eigenvalue weighted by atomic mass is 10.1. The SMILES string of the molecule is COC(COC(=O)c1cccc(C(=O)O)c1)OC. The van der Waals surface area contributed by atoms with E-state index in [-0.39, 0.29) is 17.7 Å². The number of benzene rings is 1. The first-order valence-corrected chi connectivity index (χ1v) is 5.14. The second kappa shape index (κ2) is 6.73. The largest absolute Gasteiger partial charge is 0.478 e. The highest BCUT2D eigenvalue weighted by Crippen LogP contribution is 2.07. The van der Waals surface area contributed by atoms with E-state index in [4.69, 9.17) is 19.3 Å². The minimum absolute atomic E-state index is 0.0273. The van der Waals surface area contributed by atoms with Gasteiger partial charge in [0.05, 0.1) is 11.1 Å². The zero-order valence-electron chi connectivity index (χ0n) is 10.1. The van der Waals surface area contributed by atoms with Crippen molar-refractivity contribution in [3.8, 4) is 0 Å². The summed E-state index contributed by atoms with van der Waals surface area (Å²) >= 11 is 0. The van der Waals surface area contributed by atoms with E-state index in [2.05, 4.69) is 0 Å². The van der Waals surface area contributed by atoms with Crippen LogP contribution in [0, 0.1) is 0 Å². The number of methoxy groups -OCH3 is 2. The molecule has 0 spiro atoms. The molecule has 0 atom stereocenters. The standard InChI is InChI=1S/C12H14O6/c1-16-10(17-2)7-18-12(15)9-5-3-4-8(6-9)11(13)14/h3-6,10H,7H2,1-2H3,(H,13,14). The van der Waals surface area contributed by atoms with Gasteiger partial charge in [-0.15, -0.1) is 0 Å². The number of hydrogen-bond acceptors (Lipinski definition) is 5. The van der Waals surface area contributed by atoms with Crippen LogP contribution in [0.5, 0.6) is 0 Å². The van der Waals surface area contributed by atoms with Crippen LogP contribution in [0.1, 0.15) is 20.7 Å². The topological polar surface area (TPSA) is 82.1 Å². The van der Waals surface area contributed by atoms with Gasteiger partial charge in [-0.05, 0) is 18.2 Å². The third-order valence-electron chi connectivity index (χ3n) is 2.22. The van der Waals surface area contributed by atoms with Crippen LogP contribution < -0.4 is 0 Å². The average Bonchev–Trinajstić information content (AvgIpc) is 2.39. The van der Waals surface area contributed by atoms with Crippen molar-refractivity contribution in [2.24, 2.45) is 0 Å². The molecule has 18 heavy (non-hydrogen) atoms. The molecule has 1 aromatic carbocycles. The summed E-state index contributed by atoms with van der Waals surface area (Å²) in [5, 5.41) is 8.79. The van der Waals surface area contributed by atoms with Crippen molar-refractivity contribution in [3.63, 3.8) is 0 Å². The fourth-order valence-corrected chi connectivity index (χ4v) is 1.24. The third-order valence-corrected chi connectivity index (χ3v) is 2.22. The molecule has 0 aliphatic rings. The van der Waals surface area contributed by atoms with Crippen molar-refractivity contribution in [2.45, 2.75) is 6.29 Å². The second-order valence-electron chi connectivity index (χ2n) is 3.39. The van der Waals surface area contributed by atoms with E-state index in [1.807, 2.05) is 0 Å². The molecule has 0 unspecified atom stereocenters. The lowest BCUT2D eigenvalue weighted by Gasteiger charge is -2.13. The summed E-state index contributed by atoms with van der Waals surface area (Å²) < 4.78 is 14.6. The number of hydrogen-bond donors (Lipinski definition) is 1. The van der Waals surface area contributed by atoms with Gasteiger partial charge in [0.2, 0.25) is 0 Å². The molecule has 98 valence electrons. The number of carbonyl (C=O) groups is 2. The molecule has 0 aliphatic heterocycles. The van der Waals surface area contributed by atoms with Gasteiger partial charge in [-0.1, -0.05) is 6.07 Å². The summed E-state index contributed by atoms with van der Waals surface area (Å²) in [5.41, 5.74) is 0.195. The van der Waals surface area contributed by atoms with Crippen LogP contribution in [0.25, 0.3) is 0 Å². The minimum atomic E-state index is -1.10. The Hall–Kier alpha value is -1.92. The van der Waals surface area contributed by atoms with Gasteiger partial charge in [-0.25, -0.2) is 9.59 Å². The second-order valence-corrected chi connectivity index (χ2v) is 3.39. The van der Waals surface area contributed by atoms with E-state index < -0.39 is 18.2 Å². The summed E-state index contributed by atoms with van der Waals surface area (Å²) in [5.74, 6) is -1.73. The fourth-order valence-electron chi connectivity index (χ4n) is 1.24. The Morgan fingerprint density at radius 3 is 2.39 bits per heavy atom. The molecular weight excluding hydrogens is 240 g/mol. The zero-order valence-corrected chi connectivity index (χ0v) is 10.1. The summed E-state index contributed by atoms with van der Waals surface area (Å²) in [6, 6.07) is 5.60. The number of carbonyl (C=O) groups excluding carboxylic acids is 1. The normalized spacial score (nSPS) is 10.4. The molecule has 0 aromatic heterocycles. The maximum absolute atomic E-state index is 11.6. The molecule has 0 saturated heterocycles. The Labute approximate surface area is 104 Å². The predicted molar refractivity (Wildman–Crippen MR) is 61.5 cm³/mol. The molecule has 1 aromatic rings. The van der Waals surface area contributed by atoms with E-state index in [0.29, 0.717) is 0 Å². The highest BCUT2D eigenvalue weighted by Gasteiger charge is 2.13. The zero-order chi connectivity index (χ0) is 13.5. The molecule has 0 amide bonds.